The Morgan fingerprint density at radius 3 is 2.80 bits per heavy atom. The Morgan fingerprint density at radius 2 is 2.27 bits per heavy atom. The standard InChI is InChI=1S/C11H17BrN2O/c1-4-14(9(2)8-15-3)11-5-10(12)6-13-7-11/h5-7,9H,4,8H2,1-3H3. The average molecular weight is 273 g/mol. The Hall–Kier alpha value is -0.610. The lowest BCUT2D eigenvalue weighted by Crippen LogP contribution is -2.36. The molecule has 0 aliphatic rings. The Labute approximate surface area is 99.6 Å². The van der Waals surface area contributed by atoms with Crippen LogP contribution in [0.15, 0.2) is 22.9 Å². The van der Waals surface area contributed by atoms with Crippen molar-refractivity contribution in [2.75, 3.05) is 25.2 Å². The van der Waals surface area contributed by atoms with Gasteiger partial charge in [-0.1, -0.05) is 0 Å². The number of likely N-dealkylation sites (N-methyl/N-ethyl adjacent to an activating group) is 1. The van der Waals surface area contributed by atoms with Crippen LogP contribution in [-0.4, -0.2) is 31.3 Å². The van der Waals surface area contributed by atoms with Gasteiger partial charge in [-0.2, -0.15) is 0 Å². The number of hydrogen-bond acceptors (Lipinski definition) is 3. The molecule has 0 saturated heterocycles. The summed E-state index contributed by atoms with van der Waals surface area (Å²) in [6, 6.07) is 2.43. The molecule has 0 amide bonds. The van der Waals surface area contributed by atoms with Gasteiger partial charge in [0.2, 0.25) is 0 Å². The van der Waals surface area contributed by atoms with E-state index in [-0.39, 0.29) is 0 Å². The molecule has 0 spiro atoms. The number of nitrogens with zero attached hydrogens (tertiary/aromatic N) is 2. The van der Waals surface area contributed by atoms with Crippen molar-refractivity contribution < 1.29 is 4.74 Å². The molecule has 84 valence electrons. The zero-order valence-electron chi connectivity index (χ0n) is 9.40. The van der Waals surface area contributed by atoms with Gasteiger partial charge in [-0.05, 0) is 35.8 Å². The summed E-state index contributed by atoms with van der Waals surface area (Å²) in [5.74, 6) is 0. The molecule has 1 unspecified atom stereocenters. The molecule has 0 bridgehead atoms. The van der Waals surface area contributed by atoms with E-state index in [4.69, 9.17) is 4.74 Å². The summed E-state index contributed by atoms with van der Waals surface area (Å²) in [4.78, 5) is 6.43. The van der Waals surface area contributed by atoms with E-state index >= 15 is 0 Å². The maximum atomic E-state index is 5.16. The molecule has 3 nitrogen and oxygen atoms in total. The third-order valence-corrected chi connectivity index (χ3v) is 2.74. The van der Waals surface area contributed by atoms with E-state index in [1.165, 1.54) is 0 Å². The first-order valence-electron chi connectivity index (χ1n) is 5.05. The highest BCUT2D eigenvalue weighted by molar-refractivity contribution is 9.10. The summed E-state index contributed by atoms with van der Waals surface area (Å²) in [5, 5.41) is 0. The van der Waals surface area contributed by atoms with Gasteiger partial charge in [0.15, 0.2) is 0 Å². The molecular weight excluding hydrogens is 256 g/mol. The van der Waals surface area contributed by atoms with Gasteiger partial charge < -0.3 is 9.64 Å². The molecule has 0 aliphatic carbocycles. The molecule has 1 aromatic rings. The van der Waals surface area contributed by atoms with Gasteiger partial charge in [0.05, 0.1) is 18.5 Å². The second kappa shape index (κ2) is 6.08. The number of anilines is 1. The van der Waals surface area contributed by atoms with Crippen LogP contribution in [-0.2, 0) is 4.74 Å². The van der Waals surface area contributed by atoms with Crippen LogP contribution in [0.1, 0.15) is 13.8 Å². The third kappa shape index (κ3) is 3.47. The van der Waals surface area contributed by atoms with Crippen LogP contribution in [0.4, 0.5) is 5.69 Å². The molecule has 0 aromatic carbocycles. The van der Waals surface area contributed by atoms with Gasteiger partial charge in [0.25, 0.3) is 0 Å². The van der Waals surface area contributed by atoms with Crippen molar-refractivity contribution in [3.05, 3.63) is 22.9 Å². The highest BCUT2D eigenvalue weighted by Crippen LogP contribution is 2.20. The smallest absolute Gasteiger partial charge is 0.0663 e. The van der Waals surface area contributed by atoms with Gasteiger partial charge >= 0.3 is 0 Å². The molecule has 1 rings (SSSR count). The predicted octanol–water partition coefficient (Wildman–Crippen LogP) is 2.71. The SMILES string of the molecule is CCN(c1cncc(Br)c1)C(C)COC. The highest BCUT2D eigenvalue weighted by Gasteiger charge is 2.12. The van der Waals surface area contributed by atoms with Crippen LogP contribution >= 0.6 is 15.9 Å². The van der Waals surface area contributed by atoms with E-state index in [0.717, 1.165) is 23.3 Å². The van der Waals surface area contributed by atoms with E-state index in [9.17, 15) is 0 Å². The normalized spacial score (nSPS) is 12.5. The van der Waals surface area contributed by atoms with Crippen LogP contribution < -0.4 is 4.90 Å². The van der Waals surface area contributed by atoms with Gasteiger partial charge in [0, 0.05) is 30.4 Å². The fourth-order valence-corrected chi connectivity index (χ4v) is 1.99. The Bertz CT molecular complexity index is 306. The van der Waals surface area contributed by atoms with Crippen LogP contribution in [0.3, 0.4) is 0 Å². The van der Waals surface area contributed by atoms with Crippen LogP contribution in [0.5, 0.6) is 0 Å². The van der Waals surface area contributed by atoms with Gasteiger partial charge in [-0.15, -0.1) is 0 Å². The zero-order chi connectivity index (χ0) is 11.3. The summed E-state index contributed by atoms with van der Waals surface area (Å²) < 4.78 is 6.17. The Balaban J connectivity index is 2.82. The second-order valence-electron chi connectivity index (χ2n) is 3.45. The Kier molecular flexibility index (Phi) is 5.05. The molecule has 0 saturated carbocycles. The topological polar surface area (TPSA) is 25.4 Å². The van der Waals surface area contributed by atoms with Crippen molar-refractivity contribution in [3.8, 4) is 0 Å². The van der Waals surface area contributed by atoms with Crippen molar-refractivity contribution in [2.24, 2.45) is 0 Å². The van der Waals surface area contributed by atoms with Crippen LogP contribution in [0.25, 0.3) is 0 Å². The lowest BCUT2D eigenvalue weighted by molar-refractivity contribution is 0.182. The van der Waals surface area contributed by atoms with E-state index < -0.39 is 0 Å². The molecule has 4 heteroatoms. The van der Waals surface area contributed by atoms with E-state index in [2.05, 4.69) is 45.7 Å². The maximum absolute atomic E-state index is 5.16. The third-order valence-electron chi connectivity index (χ3n) is 2.30. The van der Waals surface area contributed by atoms with Gasteiger partial charge in [0.1, 0.15) is 0 Å². The molecule has 0 aliphatic heterocycles. The number of halogens is 1. The van der Waals surface area contributed by atoms with Gasteiger partial charge in [-0.25, -0.2) is 0 Å². The minimum atomic E-state index is 0.357. The fraction of sp³-hybridized carbons (Fsp3) is 0.545. The van der Waals surface area contributed by atoms with Crippen molar-refractivity contribution in [2.45, 2.75) is 19.9 Å². The molecule has 0 fully saturated rings. The average Bonchev–Trinajstić information content (AvgIpc) is 2.19. The van der Waals surface area contributed by atoms with Crippen molar-refractivity contribution in [1.82, 2.24) is 4.98 Å². The summed E-state index contributed by atoms with van der Waals surface area (Å²) in [6.45, 7) is 5.95. The summed E-state index contributed by atoms with van der Waals surface area (Å²) in [7, 11) is 1.73. The quantitative estimate of drug-likeness (QED) is 0.824. The highest BCUT2D eigenvalue weighted by atomic mass is 79.9. The summed E-state index contributed by atoms with van der Waals surface area (Å²) in [6.07, 6.45) is 3.67. The second-order valence-corrected chi connectivity index (χ2v) is 4.37. The number of hydrogen-bond donors (Lipinski definition) is 0. The molecule has 1 atom stereocenters. The summed E-state index contributed by atoms with van der Waals surface area (Å²) in [5.41, 5.74) is 1.12. The molecular formula is C11H17BrN2O. The molecule has 1 aromatic heterocycles. The lowest BCUT2D eigenvalue weighted by Gasteiger charge is -2.29. The van der Waals surface area contributed by atoms with E-state index in [1.54, 1.807) is 13.3 Å². The number of methoxy groups -OCH3 is 1. The predicted molar refractivity (Wildman–Crippen MR) is 66.3 cm³/mol. The van der Waals surface area contributed by atoms with Gasteiger partial charge in [-0.3, -0.25) is 4.98 Å². The first kappa shape index (κ1) is 12.5. The number of aromatic nitrogens is 1. The fourth-order valence-electron chi connectivity index (χ4n) is 1.64. The Morgan fingerprint density at radius 1 is 1.53 bits per heavy atom. The van der Waals surface area contributed by atoms with Crippen LogP contribution in [0.2, 0.25) is 0 Å². The molecule has 1 heterocycles. The van der Waals surface area contributed by atoms with E-state index in [0.29, 0.717) is 6.04 Å². The van der Waals surface area contributed by atoms with Crippen molar-refractivity contribution in [3.63, 3.8) is 0 Å². The van der Waals surface area contributed by atoms with E-state index in [1.807, 2.05) is 6.20 Å². The van der Waals surface area contributed by atoms with Crippen LogP contribution in [0, 0.1) is 0 Å². The largest absolute Gasteiger partial charge is 0.383 e. The van der Waals surface area contributed by atoms with Crippen molar-refractivity contribution in [1.29, 1.82) is 0 Å². The first-order valence-corrected chi connectivity index (χ1v) is 5.84. The minimum absolute atomic E-state index is 0.357. The number of pyridine rings is 1. The zero-order valence-corrected chi connectivity index (χ0v) is 11.0. The lowest BCUT2D eigenvalue weighted by atomic mass is 10.2. The minimum Gasteiger partial charge on any atom is -0.383 e. The first-order chi connectivity index (χ1) is 7.19. The maximum Gasteiger partial charge on any atom is 0.0663 e. The monoisotopic (exact) mass is 272 g/mol. The number of ether oxygens (including phenoxy) is 1. The molecule has 0 N–H and O–H groups in total. The van der Waals surface area contributed by atoms with Crippen molar-refractivity contribution >= 4 is 21.6 Å². The summed E-state index contributed by atoms with van der Waals surface area (Å²) >= 11 is 3.43. The molecule has 0 radical (unpaired) electrons. The molecule has 15 heavy (non-hydrogen) atoms. The number of rotatable bonds is 5.